The van der Waals surface area contributed by atoms with Gasteiger partial charge in [0.05, 0.1) is 11.7 Å². The Hall–Kier alpha value is -2.41. The molecule has 4 rings (SSSR count). The van der Waals surface area contributed by atoms with Gasteiger partial charge in [0.15, 0.2) is 5.69 Å². The van der Waals surface area contributed by atoms with Crippen LogP contribution in [0.2, 0.25) is 0 Å². The number of nitrogens with zero attached hydrogens (tertiary/aromatic N) is 4. The number of rotatable bonds is 4. The fraction of sp³-hybridized carbons (Fsp3) is 0.550. The van der Waals surface area contributed by atoms with Crippen LogP contribution < -0.4 is 10.9 Å². The number of likely N-dealkylation sites (tertiary alicyclic amines) is 1. The zero-order valence-electron chi connectivity index (χ0n) is 16.2. The van der Waals surface area contributed by atoms with E-state index in [2.05, 4.69) is 33.4 Å². The molecular weight excluding hydrogens is 342 g/mol. The first-order chi connectivity index (χ1) is 13.0. The number of benzene rings is 1. The van der Waals surface area contributed by atoms with Gasteiger partial charge in [-0.1, -0.05) is 13.0 Å². The van der Waals surface area contributed by atoms with E-state index in [4.69, 9.17) is 0 Å². The van der Waals surface area contributed by atoms with Gasteiger partial charge in [-0.15, -0.1) is 10.2 Å². The minimum absolute atomic E-state index is 0.177. The monoisotopic (exact) mass is 369 g/mol. The number of anilines is 1. The van der Waals surface area contributed by atoms with E-state index in [1.165, 1.54) is 10.1 Å². The molecule has 27 heavy (non-hydrogen) atoms. The van der Waals surface area contributed by atoms with Crippen molar-refractivity contribution in [2.45, 2.75) is 52.1 Å². The Morgan fingerprint density at radius 2 is 2.11 bits per heavy atom. The van der Waals surface area contributed by atoms with Crippen molar-refractivity contribution in [1.29, 1.82) is 0 Å². The highest BCUT2D eigenvalue weighted by Crippen LogP contribution is 2.39. The minimum atomic E-state index is -0.245. The standard InChI is InChI=1S/C20H27N5O2/c1-4-25-10-6-9-15(25)21-20-23-22-17(19(27)24(20)3)16-12(2)11-13-7-5-8-14(13)18(16)26/h11,15,26H,4-10H2,1-3H3,(H,21,23)/t15-/m0/s1. The lowest BCUT2D eigenvalue weighted by Gasteiger charge is -2.24. The first-order valence-electron chi connectivity index (χ1n) is 9.80. The maximum Gasteiger partial charge on any atom is 0.281 e. The molecule has 0 unspecified atom stereocenters. The maximum atomic E-state index is 13.0. The molecule has 1 aromatic heterocycles. The summed E-state index contributed by atoms with van der Waals surface area (Å²) >= 11 is 0. The number of fused-ring (bicyclic) bond motifs is 1. The molecule has 7 nitrogen and oxygen atoms in total. The average molecular weight is 369 g/mol. The molecule has 2 N–H and O–H groups in total. The van der Waals surface area contributed by atoms with Gasteiger partial charge in [-0.3, -0.25) is 14.3 Å². The first-order valence-corrected chi connectivity index (χ1v) is 9.80. The van der Waals surface area contributed by atoms with E-state index in [0.29, 0.717) is 11.5 Å². The molecule has 0 amide bonds. The lowest BCUT2D eigenvalue weighted by Crippen LogP contribution is -2.38. The summed E-state index contributed by atoms with van der Waals surface area (Å²) in [5, 5.41) is 22.7. The Bertz CT molecular complexity index is 937. The Balaban J connectivity index is 1.72. The highest BCUT2D eigenvalue weighted by atomic mass is 16.3. The average Bonchev–Trinajstić information content (AvgIpc) is 3.29. The van der Waals surface area contributed by atoms with Crippen LogP contribution >= 0.6 is 0 Å². The Morgan fingerprint density at radius 1 is 1.30 bits per heavy atom. The van der Waals surface area contributed by atoms with E-state index in [1.807, 2.05) is 6.92 Å². The molecule has 0 bridgehead atoms. The number of nitrogens with one attached hydrogen (secondary N) is 1. The van der Waals surface area contributed by atoms with Crippen molar-refractivity contribution >= 4 is 5.95 Å². The molecule has 2 heterocycles. The smallest absolute Gasteiger partial charge is 0.281 e. The lowest BCUT2D eigenvalue weighted by molar-refractivity contribution is 0.288. The number of hydrogen-bond acceptors (Lipinski definition) is 6. The summed E-state index contributed by atoms with van der Waals surface area (Å²) in [4.78, 5) is 15.3. The highest BCUT2D eigenvalue weighted by Gasteiger charge is 2.26. The summed E-state index contributed by atoms with van der Waals surface area (Å²) < 4.78 is 1.50. The number of aromatic nitrogens is 3. The van der Waals surface area contributed by atoms with Gasteiger partial charge in [0.2, 0.25) is 5.95 Å². The Labute approximate surface area is 159 Å². The molecular formula is C20H27N5O2. The van der Waals surface area contributed by atoms with E-state index in [-0.39, 0.29) is 23.2 Å². The van der Waals surface area contributed by atoms with Gasteiger partial charge in [-0.05, 0) is 62.3 Å². The zero-order valence-corrected chi connectivity index (χ0v) is 16.2. The summed E-state index contributed by atoms with van der Waals surface area (Å²) in [6, 6.07) is 2.07. The van der Waals surface area contributed by atoms with Crippen molar-refractivity contribution < 1.29 is 5.11 Å². The van der Waals surface area contributed by atoms with Gasteiger partial charge in [-0.25, -0.2) is 0 Å². The molecule has 2 aliphatic rings. The molecule has 0 spiro atoms. The van der Waals surface area contributed by atoms with E-state index in [0.717, 1.165) is 56.3 Å². The van der Waals surface area contributed by atoms with Crippen molar-refractivity contribution in [3.8, 4) is 17.0 Å². The van der Waals surface area contributed by atoms with Crippen molar-refractivity contribution in [3.05, 3.63) is 33.1 Å². The predicted molar refractivity (Wildman–Crippen MR) is 105 cm³/mol. The Morgan fingerprint density at radius 3 is 2.89 bits per heavy atom. The van der Waals surface area contributed by atoms with Crippen LogP contribution in [0.15, 0.2) is 10.9 Å². The lowest BCUT2D eigenvalue weighted by atomic mass is 9.97. The van der Waals surface area contributed by atoms with Gasteiger partial charge in [0, 0.05) is 13.6 Å². The molecule has 0 radical (unpaired) electrons. The van der Waals surface area contributed by atoms with Gasteiger partial charge in [-0.2, -0.15) is 0 Å². The molecule has 1 aliphatic heterocycles. The van der Waals surface area contributed by atoms with Crippen LogP contribution in [0.3, 0.4) is 0 Å². The van der Waals surface area contributed by atoms with Gasteiger partial charge < -0.3 is 10.4 Å². The summed E-state index contributed by atoms with van der Waals surface area (Å²) in [5.74, 6) is 0.662. The predicted octanol–water partition coefficient (Wildman–Crippen LogP) is 2.20. The quantitative estimate of drug-likeness (QED) is 0.860. The summed E-state index contributed by atoms with van der Waals surface area (Å²) in [5.41, 5.74) is 3.49. The molecule has 1 aliphatic carbocycles. The molecule has 1 aromatic carbocycles. The molecule has 144 valence electrons. The highest BCUT2D eigenvalue weighted by molar-refractivity contribution is 5.73. The number of aryl methyl sites for hydroxylation is 2. The normalized spacial score (nSPS) is 19.4. The molecule has 7 heteroatoms. The van der Waals surface area contributed by atoms with Crippen LogP contribution in [0.4, 0.5) is 5.95 Å². The SMILES string of the molecule is CCN1CCC[C@H]1Nc1nnc(-c2c(C)cc3c(c2O)CCC3)c(=O)n1C. The third kappa shape index (κ3) is 3.00. The van der Waals surface area contributed by atoms with Crippen LogP contribution in [-0.2, 0) is 19.9 Å². The summed E-state index contributed by atoms with van der Waals surface area (Å²) in [6.07, 6.45) is 5.19. The second kappa shape index (κ2) is 6.96. The topological polar surface area (TPSA) is 83.3 Å². The molecule has 2 aromatic rings. The van der Waals surface area contributed by atoms with Crippen LogP contribution in [0.25, 0.3) is 11.3 Å². The van der Waals surface area contributed by atoms with Crippen LogP contribution in [0, 0.1) is 6.92 Å². The largest absolute Gasteiger partial charge is 0.507 e. The molecule has 1 fully saturated rings. The van der Waals surface area contributed by atoms with Crippen LogP contribution in [0.1, 0.15) is 42.9 Å². The summed E-state index contributed by atoms with van der Waals surface area (Å²) in [7, 11) is 1.70. The van der Waals surface area contributed by atoms with E-state index < -0.39 is 0 Å². The van der Waals surface area contributed by atoms with Gasteiger partial charge in [0.1, 0.15) is 5.75 Å². The van der Waals surface area contributed by atoms with Gasteiger partial charge in [0.25, 0.3) is 5.56 Å². The number of aromatic hydroxyl groups is 1. The van der Waals surface area contributed by atoms with E-state index in [9.17, 15) is 9.90 Å². The molecule has 1 saturated heterocycles. The molecule has 0 saturated carbocycles. The minimum Gasteiger partial charge on any atom is -0.507 e. The van der Waals surface area contributed by atoms with Crippen molar-refractivity contribution in [1.82, 2.24) is 19.7 Å². The molecule has 1 atom stereocenters. The zero-order chi connectivity index (χ0) is 19.1. The first kappa shape index (κ1) is 18.0. The van der Waals surface area contributed by atoms with E-state index >= 15 is 0 Å². The van der Waals surface area contributed by atoms with Crippen LogP contribution in [0.5, 0.6) is 5.75 Å². The van der Waals surface area contributed by atoms with E-state index in [1.54, 1.807) is 7.05 Å². The fourth-order valence-electron chi connectivity index (χ4n) is 4.43. The fourth-order valence-corrected chi connectivity index (χ4v) is 4.43. The van der Waals surface area contributed by atoms with Crippen LogP contribution in [-0.4, -0.2) is 44.0 Å². The van der Waals surface area contributed by atoms with Crippen molar-refractivity contribution in [2.24, 2.45) is 7.05 Å². The number of phenols is 1. The second-order valence-corrected chi connectivity index (χ2v) is 7.58. The maximum absolute atomic E-state index is 13.0. The van der Waals surface area contributed by atoms with Crippen molar-refractivity contribution in [2.75, 3.05) is 18.4 Å². The van der Waals surface area contributed by atoms with Crippen molar-refractivity contribution in [3.63, 3.8) is 0 Å². The third-order valence-electron chi connectivity index (χ3n) is 5.94. The Kier molecular flexibility index (Phi) is 4.63. The number of phenolic OH excluding ortho intramolecular Hbond substituents is 1. The van der Waals surface area contributed by atoms with Gasteiger partial charge >= 0.3 is 0 Å². The summed E-state index contributed by atoms with van der Waals surface area (Å²) in [6.45, 7) is 6.06. The second-order valence-electron chi connectivity index (χ2n) is 7.58. The number of hydrogen-bond donors (Lipinski definition) is 2. The third-order valence-corrected chi connectivity index (χ3v) is 5.94.